The van der Waals surface area contributed by atoms with Gasteiger partial charge in [-0.2, -0.15) is 4.98 Å². The second-order valence-corrected chi connectivity index (χ2v) is 6.98. The first-order chi connectivity index (χ1) is 14.8. The van der Waals surface area contributed by atoms with Crippen LogP contribution in [-0.2, 0) is 18.4 Å². The minimum absolute atomic E-state index is 0.00120. The fourth-order valence-electron chi connectivity index (χ4n) is 3.46. The van der Waals surface area contributed by atoms with Crippen LogP contribution in [-0.4, -0.2) is 32.0 Å². The van der Waals surface area contributed by atoms with Gasteiger partial charge < -0.3 is 9.88 Å². The lowest BCUT2D eigenvalue weighted by atomic mass is 10.0. The maximum absolute atomic E-state index is 12.8. The van der Waals surface area contributed by atoms with Crippen LogP contribution in [0.3, 0.4) is 0 Å². The van der Waals surface area contributed by atoms with Crippen LogP contribution in [0, 0.1) is 10.1 Å². The number of amides is 1. The number of nitrogens with one attached hydrogen (secondary N) is 1. The number of nitro benzene ring substituents is 1. The highest BCUT2D eigenvalue weighted by atomic mass is 16.6. The third-order valence-corrected chi connectivity index (χ3v) is 5.15. The Morgan fingerprint density at radius 1 is 1.10 bits per heavy atom. The van der Waals surface area contributed by atoms with Crippen molar-refractivity contribution in [3.8, 4) is 22.5 Å². The van der Waals surface area contributed by atoms with Gasteiger partial charge in [-0.05, 0) is 40.8 Å². The van der Waals surface area contributed by atoms with Crippen LogP contribution in [0.15, 0.2) is 58.1 Å². The summed E-state index contributed by atoms with van der Waals surface area (Å²) in [7, 11) is 3.11. The minimum atomic E-state index is -0.803. The maximum Gasteiger partial charge on any atom is 0.352 e. The van der Waals surface area contributed by atoms with Gasteiger partial charge in [0.15, 0.2) is 5.82 Å². The highest BCUT2D eigenvalue weighted by Crippen LogP contribution is 2.29. The zero-order valence-corrected chi connectivity index (χ0v) is 16.7. The summed E-state index contributed by atoms with van der Waals surface area (Å²) in [6.07, 6.45) is 0. The smallest absolute Gasteiger partial charge is 0.352 e. The average molecular weight is 419 g/mol. The quantitative estimate of drug-likeness (QED) is 0.303. The van der Waals surface area contributed by atoms with Crippen LogP contribution in [0.25, 0.3) is 33.4 Å². The summed E-state index contributed by atoms with van der Waals surface area (Å²) in [6.45, 7) is -0.405. The zero-order valence-electron chi connectivity index (χ0n) is 16.7. The molecule has 10 heteroatoms. The molecule has 10 nitrogen and oxygen atoms in total. The molecule has 0 saturated carbocycles. The van der Waals surface area contributed by atoms with Crippen molar-refractivity contribution in [3.05, 3.63) is 79.5 Å². The fraction of sp³-hybridized carbons (Fsp3) is 0.143. The molecule has 4 rings (SSSR count). The van der Waals surface area contributed by atoms with Crippen molar-refractivity contribution in [2.24, 2.45) is 7.05 Å². The molecule has 1 amide bonds. The number of hydrogen-bond acceptors (Lipinski definition) is 6. The Balaban J connectivity index is 1.89. The first-order valence-electron chi connectivity index (χ1n) is 9.30. The third kappa shape index (κ3) is 3.44. The van der Waals surface area contributed by atoms with Gasteiger partial charge in [0.25, 0.3) is 11.2 Å². The predicted octanol–water partition coefficient (Wildman–Crippen LogP) is 1.52. The number of pyridine rings is 1. The van der Waals surface area contributed by atoms with E-state index in [1.165, 1.54) is 19.2 Å². The van der Waals surface area contributed by atoms with E-state index in [1.807, 2.05) is 18.2 Å². The lowest BCUT2D eigenvalue weighted by molar-refractivity contribution is -0.384. The van der Waals surface area contributed by atoms with E-state index in [2.05, 4.69) is 10.3 Å². The summed E-state index contributed by atoms with van der Waals surface area (Å²) in [5.41, 5.74) is 1.15. The van der Waals surface area contributed by atoms with Crippen molar-refractivity contribution in [2.45, 2.75) is 6.54 Å². The van der Waals surface area contributed by atoms with Gasteiger partial charge in [-0.25, -0.2) is 9.36 Å². The van der Waals surface area contributed by atoms with Crippen LogP contribution >= 0.6 is 0 Å². The standard InChI is InChI=1S/C21H17N5O5/c1-22-18(27)11-25-20(28)16-9-14-4-3-13(12-5-7-15(8-6-12)26(30)31)10-17(14)24(2)19(16)23-21(25)29/h3-10H,11H2,1-2H3,(H,22,27). The highest BCUT2D eigenvalue weighted by molar-refractivity contribution is 5.89. The highest BCUT2D eigenvalue weighted by Gasteiger charge is 2.19. The Bertz CT molecular complexity index is 1440. The second kappa shape index (κ2) is 7.48. The van der Waals surface area contributed by atoms with E-state index in [4.69, 9.17) is 0 Å². The molecule has 0 bridgehead atoms. The summed E-state index contributed by atoms with van der Waals surface area (Å²) in [4.78, 5) is 51.3. The van der Waals surface area contributed by atoms with Gasteiger partial charge in [0, 0.05) is 31.7 Å². The lowest BCUT2D eigenvalue weighted by Gasteiger charge is -2.16. The van der Waals surface area contributed by atoms with Gasteiger partial charge in [0.05, 0.1) is 10.5 Å². The molecule has 0 atom stereocenters. The summed E-state index contributed by atoms with van der Waals surface area (Å²) >= 11 is 0. The molecule has 0 unspecified atom stereocenters. The molecule has 156 valence electrons. The second-order valence-electron chi connectivity index (χ2n) is 6.98. The van der Waals surface area contributed by atoms with E-state index >= 15 is 0 Å². The summed E-state index contributed by atoms with van der Waals surface area (Å²) in [6, 6.07) is 13.3. The molecule has 2 heterocycles. The monoisotopic (exact) mass is 419 g/mol. The summed E-state index contributed by atoms with van der Waals surface area (Å²) < 4.78 is 2.45. The number of non-ortho nitro benzene ring substituents is 1. The van der Waals surface area contributed by atoms with Crippen LogP contribution in [0.5, 0.6) is 0 Å². The summed E-state index contributed by atoms with van der Waals surface area (Å²) in [5.74, 6) is -0.269. The van der Waals surface area contributed by atoms with Gasteiger partial charge in [0.2, 0.25) is 5.91 Å². The van der Waals surface area contributed by atoms with E-state index < -0.39 is 28.6 Å². The van der Waals surface area contributed by atoms with Crippen molar-refractivity contribution in [1.29, 1.82) is 0 Å². The zero-order chi connectivity index (χ0) is 22.3. The Hall–Kier alpha value is -4.34. The number of carbonyl (C=O) groups excluding carboxylic acids is 1. The number of aromatic nitrogens is 3. The van der Waals surface area contributed by atoms with E-state index in [0.29, 0.717) is 0 Å². The van der Waals surface area contributed by atoms with Crippen LogP contribution < -0.4 is 16.6 Å². The van der Waals surface area contributed by atoms with Gasteiger partial charge in [-0.1, -0.05) is 12.1 Å². The normalized spacial score (nSPS) is 11.0. The van der Waals surface area contributed by atoms with Crippen molar-refractivity contribution < 1.29 is 9.72 Å². The molecule has 0 fully saturated rings. The van der Waals surface area contributed by atoms with E-state index in [0.717, 1.165) is 26.6 Å². The number of hydrogen-bond donors (Lipinski definition) is 1. The molecule has 0 aromatic heterocycles. The number of nitrogens with zero attached hydrogens (tertiary/aromatic N) is 4. The number of nitro groups is 1. The Morgan fingerprint density at radius 2 is 1.77 bits per heavy atom. The average Bonchev–Trinajstić information content (AvgIpc) is 2.77. The van der Waals surface area contributed by atoms with Gasteiger partial charge in [0.1, 0.15) is 6.54 Å². The van der Waals surface area contributed by atoms with Crippen LogP contribution in [0.2, 0.25) is 0 Å². The predicted molar refractivity (Wildman–Crippen MR) is 114 cm³/mol. The molecule has 0 aliphatic carbocycles. The van der Waals surface area contributed by atoms with Crippen molar-refractivity contribution in [2.75, 3.05) is 7.05 Å². The Kier molecular flexibility index (Phi) is 4.82. The molecule has 31 heavy (non-hydrogen) atoms. The number of fused-ring (bicyclic) bond motifs is 2. The van der Waals surface area contributed by atoms with Crippen LogP contribution in [0.4, 0.5) is 5.69 Å². The van der Waals surface area contributed by atoms with E-state index in [1.54, 1.807) is 29.8 Å². The molecule has 0 spiro atoms. The number of aryl methyl sites for hydroxylation is 1. The lowest BCUT2D eigenvalue weighted by Crippen LogP contribution is -2.41. The van der Waals surface area contributed by atoms with Crippen molar-refractivity contribution >= 4 is 22.5 Å². The molecule has 2 aliphatic rings. The number of benzene rings is 2. The maximum atomic E-state index is 12.8. The first-order valence-corrected chi connectivity index (χ1v) is 9.30. The largest absolute Gasteiger partial charge is 0.358 e. The van der Waals surface area contributed by atoms with Gasteiger partial charge >= 0.3 is 5.69 Å². The molecule has 2 aromatic rings. The van der Waals surface area contributed by atoms with Crippen LogP contribution in [0.1, 0.15) is 0 Å². The number of rotatable bonds is 4. The fourth-order valence-corrected chi connectivity index (χ4v) is 3.46. The number of carbonyl (C=O) groups is 1. The third-order valence-electron chi connectivity index (χ3n) is 5.15. The summed E-state index contributed by atoms with van der Waals surface area (Å²) in [5, 5.41) is 14.0. The molecule has 1 N–H and O–H groups in total. The van der Waals surface area contributed by atoms with E-state index in [9.17, 15) is 24.5 Å². The SMILES string of the molecule is CNC(=O)Cn1c(=O)nc2n(C)c3cc(-c4ccc([N+](=O)[O-])cc4)ccc3cc-2c1=O. The Labute approximate surface area is 174 Å². The molecular weight excluding hydrogens is 402 g/mol. The van der Waals surface area contributed by atoms with Gasteiger partial charge in [-0.3, -0.25) is 19.7 Å². The molecule has 0 saturated heterocycles. The molecular formula is C21H17N5O5. The van der Waals surface area contributed by atoms with Crippen molar-refractivity contribution in [3.63, 3.8) is 0 Å². The van der Waals surface area contributed by atoms with Gasteiger partial charge in [-0.15, -0.1) is 0 Å². The topological polar surface area (TPSA) is 129 Å². The van der Waals surface area contributed by atoms with E-state index in [-0.39, 0.29) is 17.1 Å². The minimum Gasteiger partial charge on any atom is -0.358 e. The molecule has 2 aliphatic heterocycles. The number of likely N-dealkylation sites (N-methyl/N-ethyl adjacent to an activating group) is 1. The molecule has 0 radical (unpaired) electrons. The first kappa shape index (κ1) is 20.0. The Morgan fingerprint density at radius 3 is 2.42 bits per heavy atom. The van der Waals surface area contributed by atoms with Crippen molar-refractivity contribution in [1.82, 2.24) is 19.4 Å². The molecule has 2 aromatic carbocycles.